The van der Waals surface area contributed by atoms with Crippen LogP contribution in [0.2, 0.25) is 0 Å². The predicted molar refractivity (Wildman–Crippen MR) is 69.4 cm³/mol. The van der Waals surface area contributed by atoms with Crippen molar-refractivity contribution >= 4 is 11.5 Å². The van der Waals surface area contributed by atoms with Crippen LogP contribution in [-0.2, 0) is 0 Å². The first-order valence-electron chi connectivity index (χ1n) is 6.51. The fourth-order valence-electron chi connectivity index (χ4n) is 2.65. The summed E-state index contributed by atoms with van der Waals surface area (Å²) in [6.07, 6.45) is 10.2. The van der Waals surface area contributed by atoms with Crippen LogP contribution in [0.15, 0.2) is 18.7 Å². The molecule has 0 bridgehead atoms. The number of hydrogen-bond acceptors (Lipinski definition) is 5. The third-order valence-corrected chi connectivity index (χ3v) is 3.62. The number of rotatable bonds is 2. The van der Waals surface area contributed by atoms with Crippen molar-refractivity contribution in [1.82, 2.24) is 19.6 Å². The van der Waals surface area contributed by atoms with Gasteiger partial charge in [-0.15, -0.1) is 10.2 Å². The summed E-state index contributed by atoms with van der Waals surface area (Å²) in [6.45, 7) is 1.66. The number of aromatic nitrogens is 4. The van der Waals surface area contributed by atoms with E-state index in [2.05, 4.69) is 20.1 Å². The highest BCUT2D eigenvalue weighted by Crippen LogP contribution is 2.24. The molecule has 0 spiro atoms. The summed E-state index contributed by atoms with van der Waals surface area (Å²) in [5.74, 6) is 0.910. The van der Waals surface area contributed by atoms with Crippen molar-refractivity contribution in [3.63, 3.8) is 0 Å². The minimum Gasteiger partial charge on any atom is -0.349 e. The van der Waals surface area contributed by atoms with E-state index in [1.165, 1.54) is 19.3 Å². The second kappa shape index (κ2) is 4.89. The highest BCUT2D eigenvalue weighted by molar-refractivity contribution is 5.63. The molecule has 2 aromatic rings. The number of anilines is 1. The van der Waals surface area contributed by atoms with E-state index in [-0.39, 0.29) is 0 Å². The van der Waals surface area contributed by atoms with E-state index in [9.17, 15) is 0 Å². The molecule has 3 rings (SSSR count). The van der Waals surface area contributed by atoms with E-state index >= 15 is 0 Å². The molecule has 0 aromatic carbocycles. The fraction of sp³-hybridized carbons (Fsp3) is 0.583. The van der Waals surface area contributed by atoms with Gasteiger partial charge in [0.15, 0.2) is 5.82 Å². The Morgan fingerprint density at radius 2 is 2.28 bits per heavy atom. The minimum absolute atomic E-state index is 0.364. The SMILES string of the molecule is NCC1CCCCCN1c1nccn2cnnc12. The predicted octanol–water partition coefficient (Wildman–Crippen LogP) is 0.832. The summed E-state index contributed by atoms with van der Waals surface area (Å²) in [7, 11) is 0. The third kappa shape index (κ3) is 1.92. The molecule has 1 unspecified atom stereocenters. The Bertz CT molecular complexity index is 522. The van der Waals surface area contributed by atoms with E-state index in [4.69, 9.17) is 5.73 Å². The van der Waals surface area contributed by atoms with E-state index in [0.29, 0.717) is 12.6 Å². The molecule has 3 heterocycles. The van der Waals surface area contributed by atoms with Gasteiger partial charge in [0.2, 0.25) is 5.65 Å². The van der Waals surface area contributed by atoms with Gasteiger partial charge in [-0.1, -0.05) is 12.8 Å². The standard InChI is InChI=1S/C12H18N6/c13-8-10-4-2-1-3-6-18(10)11-12-16-15-9-17(12)7-5-14-11/h5,7,9-10H,1-4,6,8,13H2. The van der Waals surface area contributed by atoms with Gasteiger partial charge in [0.1, 0.15) is 6.33 Å². The van der Waals surface area contributed by atoms with Gasteiger partial charge in [0, 0.05) is 31.5 Å². The van der Waals surface area contributed by atoms with Crippen LogP contribution in [0.1, 0.15) is 25.7 Å². The Morgan fingerprint density at radius 1 is 1.33 bits per heavy atom. The highest BCUT2D eigenvalue weighted by atomic mass is 15.3. The topological polar surface area (TPSA) is 72.3 Å². The van der Waals surface area contributed by atoms with Crippen molar-refractivity contribution in [3.8, 4) is 0 Å². The van der Waals surface area contributed by atoms with Crippen molar-refractivity contribution in [3.05, 3.63) is 18.7 Å². The Balaban J connectivity index is 2.02. The normalized spacial score (nSPS) is 21.2. The van der Waals surface area contributed by atoms with Gasteiger partial charge in [-0.3, -0.25) is 4.40 Å². The Labute approximate surface area is 106 Å². The molecule has 2 aromatic heterocycles. The highest BCUT2D eigenvalue weighted by Gasteiger charge is 2.23. The maximum atomic E-state index is 5.91. The maximum absolute atomic E-state index is 5.91. The largest absolute Gasteiger partial charge is 0.349 e. The van der Waals surface area contributed by atoms with Crippen LogP contribution in [0.5, 0.6) is 0 Å². The van der Waals surface area contributed by atoms with Crippen molar-refractivity contribution in [2.45, 2.75) is 31.7 Å². The molecule has 1 atom stereocenters. The molecule has 6 nitrogen and oxygen atoms in total. The van der Waals surface area contributed by atoms with Crippen LogP contribution < -0.4 is 10.6 Å². The van der Waals surface area contributed by atoms with Crippen LogP contribution in [0.25, 0.3) is 5.65 Å². The summed E-state index contributed by atoms with van der Waals surface area (Å²) in [4.78, 5) is 6.79. The number of hydrogen-bond donors (Lipinski definition) is 1. The molecule has 96 valence electrons. The first-order chi connectivity index (χ1) is 8.90. The molecular weight excluding hydrogens is 228 g/mol. The van der Waals surface area contributed by atoms with Gasteiger partial charge in [-0.05, 0) is 12.8 Å². The number of nitrogens with two attached hydrogens (primary N) is 1. The summed E-state index contributed by atoms with van der Waals surface area (Å²) in [5.41, 5.74) is 6.72. The van der Waals surface area contributed by atoms with Gasteiger partial charge in [-0.25, -0.2) is 4.98 Å². The summed E-state index contributed by atoms with van der Waals surface area (Å²) in [5, 5.41) is 8.11. The van der Waals surface area contributed by atoms with E-state index in [0.717, 1.165) is 24.4 Å². The van der Waals surface area contributed by atoms with Crippen LogP contribution in [0.3, 0.4) is 0 Å². The van der Waals surface area contributed by atoms with Crippen molar-refractivity contribution in [1.29, 1.82) is 0 Å². The zero-order valence-corrected chi connectivity index (χ0v) is 10.4. The van der Waals surface area contributed by atoms with Gasteiger partial charge in [0.25, 0.3) is 0 Å². The quantitative estimate of drug-likeness (QED) is 0.849. The van der Waals surface area contributed by atoms with Crippen molar-refractivity contribution < 1.29 is 0 Å². The van der Waals surface area contributed by atoms with Gasteiger partial charge in [0.05, 0.1) is 0 Å². The second-order valence-corrected chi connectivity index (χ2v) is 4.74. The molecule has 0 aliphatic carbocycles. The fourth-order valence-corrected chi connectivity index (χ4v) is 2.65. The van der Waals surface area contributed by atoms with Gasteiger partial charge in [-0.2, -0.15) is 0 Å². The van der Waals surface area contributed by atoms with Crippen LogP contribution >= 0.6 is 0 Å². The van der Waals surface area contributed by atoms with E-state index < -0.39 is 0 Å². The minimum atomic E-state index is 0.364. The zero-order chi connectivity index (χ0) is 12.4. The van der Waals surface area contributed by atoms with Gasteiger partial charge < -0.3 is 10.6 Å². The molecule has 1 aliphatic heterocycles. The molecular formula is C12H18N6. The molecule has 18 heavy (non-hydrogen) atoms. The Kier molecular flexibility index (Phi) is 3.10. The zero-order valence-electron chi connectivity index (χ0n) is 10.4. The molecule has 6 heteroatoms. The summed E-state index contributed by atoms with van der Waals surface area (Å²) < 4.78 is 1.90. The first-order valence-corrected chi connectivity index (χ1v) is 6.51. The lowest BCUT2D eigenvalue weighted by Crippen LogP contribution is -2.41. The van der Waals surface area contributed by atoms with Crippen molar-refractivity contribution in [2.24, 2.45) is 5.73 Å². The molecule has 0 amide bonds. The number of nitrogens with zero attached hydrogens (tertiary/aromatic N) is 5. The monoisotopic (exact) mass is 246 g/mol. The van der Waals surface area contributed by atoms with Gasteiger partial charge >= 0.3 is 0 Å². The van der Waals surface area contributed by atoms with Crippen LogP contribution in [-0.4, -0.2) is 38.7 Å². The lowest BCUT2D eigenvalue weighted by molar-refractivity contribution is 0.576. The average molecular weight is 246 g/mol. The Morgan fingerprint density at radius 3 is 3.17 bits per heavy atom. The summed E-state index contributed by atoms with van der Waals surface area (Å²) in [6, 6.07) is 0.364. The summed E-state index contributed by atoms with van der Waals surface area (Å²) >= 11 is 0. The average Bonchev–Trinajstić information content (AvgIpc) is 2.76. The molecule has 0 radical (unpaired) electrons. The maximum Gasteiger partial charge on any atom is 0.203 e. The lowest BCUT2D eigenvalue weighted by atomic mass is 10.1. The van der Waals surface area contributed by atoms with E-state index in [1.54, 1.807) is 12.5 Å². The second-order valence-electron chi connectivity index (χ2n) is 4.74. The smallest absolute Gasteiger partial charge is 0.203 e. The molecule has 0 saturated carbocycles. The lowest BCUT2D eigenvalue weighted by Gasteiger charge is -2.29. The molecule has 1 saturated heterocycles. The first kappa shape index (κ1) is 11.4. The third-order valence-electron chi connectivity index (χ3n) is 3.62. The van der Waals surface area contributed by atoms with Crippen LogP contribution in [0.4, 0.5) is 5.82 Å². The molecule has 1 aliphatic rings. The van der Waals surface area contributed by atoms with Crippen molar-refractivity contribution in [2.75, 3.05) is 18.0 Å². The number of fused-ring (bicyclic) bond motifs is 1. The molecule has 2 N–H and O–H groups in total. The van der Waals surface area contributed by atoms with Crippen LogP contribution in [0, 0.1) is 0 Å². The molecule has 1 fully saturated rings. The Hall–Kier alpha value is -1.69. The van der Waals surface area contributed by atoms with E-state index in [1.807, 2.05) is 10.6 Å².